The van der Waals surface area contributed by atoms with Crippen molar-refractivity contribution in [1.82, 2.24) is 20.4 Å². The van der Waals surface area contributed by atoms with Crippen LogP contribution in [0.1, 0.15) is 27.5 Å². The number of nitrogens with one attached hydrogen (secondary N) is 2. The molecule has 2 N–H and O–H groups in total. The first-order valence-corrected chi connectivity index (χ1v) is 7.49. The van der Waals surface area contributed by atoms with Gasteiger partial charge in [0.25, 0.3) is 5.91 Å². The van der Waals surface area contributed by atoms with Crippen LogP contribution in [0, 0.1) is 0 Å². The number of carbonyl (C=O) groups excluding carboxylic acids is 1. The molecule has 0 bridgehead atoms. The van der Waals surface area contributed by atoms with Crippen LogP contribution in [0.4, 0.5) is 0 Å². The summed E-state index contributed by atoms with van der Waals surface area (Å²) in [4.78, 5) is 14.5. The predicted molar refractivity (Wildman–Crippen MR) is 82.5 cm³/mol. The van der Waals surface area contributed by atoms with Crippen molar-refractivity contribution >= 4 is 5.91 Å². The van der Waals surface area contributed by atoms with Crippen LogP contribution in [0.2, 0.25) is 0 Å². The van der Waals surface area contributed by atoms with Gasteiger partial charge in [0, 0.05) is 50.3 Å². The van der Waals surface area contributed by atoms with E-state index in [2.05, 4.69) is 22.1 Å². The van der Waals surface area contributed by atoms with Gasteiger partial charge in [-0.15, -0.1) is 6.58 Å². The average molecular weight is 300 g/mol. The maximum absolute atomic E-state index is 12.8. The molecule has 6 heteroatoms. The number of furan rings is 1. The Kier molecular flexibility index (Phi) is 4.39. The van der Waals surface area contributed by atoms with E-state index < -0.39 is 0 Å². The van der Waals surface area contributed by atoms with Crippen LogP contribution in [-0.4, -0.2) is 40.6 Å². The third-order valence-corrected chi connectivity index (χ3v) is 3.85. The molecule has 1 aliphatic heterocycles. The number of hydrogen-bond donors (Lipinski definition) is 2. The molecule has 2 aromatic rings. The molecular weight excluding hydrogens is 280 g/mol. The topological polar surface area (TPSA) is 74.2 Å². The molecule has 0 saturated carbocycles. The van der Waals surface area contributed by atoms with Crippen molar-refractivity contribution in [2.45, 2.75) is 19.4 Å². The van der Waals surface area contributed by atoms with Gasteiger partial charge in [-0.25, -0.2) is 0 Å². The van der Waals surface area contributed by atoms with Gasteiger partial charge in [-0.3, -0.25) is 9.89 Å². The smallest absolute Gasteiger partial charge is 0.274 e. The van der Waals surface area contributed by atoms with E-state index >= 15 is 0 Å². The minimum atomic E-state index is -0.0624. The highest BCUT2D eigenvalue weighted by Crippen LogP contribution is 2.17. The molecular formula is C16H20N4O2. The van der Waals surface area contributed by atoms with Crippen molar-refractivity contribution in [3.8, 4) is 0 Å². The second-order valence-corrected chi connectivity index (χ2v) is 5.33. The van der Waals surface area contributed by atoms with E-state index in [1.165, 1.54) is 0 Å². The Labute approximate surface area is 129 Å². The third kappa shape index (κ3) is 2.96. The largest absolute Gasteiger partial charge is 0.469 e. The van der Waals surface area contributed by atoms with Crippen LogP contribution in [0.5, 0.6) is 0 Å². The van der Waals surface area contributed by atoms with Crippen molar-refractivity contribution in [3.05, 3.63) is 53.8 Å². The first kappa shape index (κ1) is 14.6. The van der Waals surface area contributed by atoms with E-state index in [0.29, 0.717) is 31.7 Å². The summed E-state index contributed by atoms with van der Waals surface area (Å²) >= 11 is 0. The summed E-state index contributed by atoms with van der Waals surface area (Å²) in [5.74, 6) is 0.806. The number of aromatic nitrogens is 2. The highest BCUT2D eigenvalue weighted by molar-refractivity contribution is 5.94. The Morgan fingerprint density at radius 2 is 2.45 bits per heavy atom. The lowest BCUT2D eigenvalue weighted by Crippen LogP contribution is -2.35. The second kappa shape index (κ2) is 6.62. The molecule has 0 aliphatic carbocycles. The summed E-state index contributed by atoms with van der Waals surface area (Å²) < 4.78 is 5.33. The fourth-order valence-corrected chi connectivity index (χ4v) is 2.68. The van der Waals surface area contributed by atoms with Crippen molar-refractivity contribution in [1.29, 1.82) is 0 Å². The van der Waals surface area contributed by atoms with Crippen LogP contribution in [0.15, 0.2) is 35.5 Å². The lowest BCUT2D eigenvalue weighted by atomic mass is 10.1. The molecule has 0 spiro atoms. The van der Waals surface area contributed by atoms with E-state index in [0.717, 1.165) is 30.0 Å². The summed E-state index contributed by atoms with van der Waals surface area (Å²) in [6.45, 7) is 6.41. The summed E-state index contributed by atoms with van der Waals surface area (Å²) in [6.07, 6.45) is 4.93. The molecule has 3 heterocycles. The van der Waals surface area contributed by atoms with Crippen molar-refractivity contribution in [2.24, 2.45) is 0 Å². The van der Waals surface area contributed by atoms with Gasteiger partial charge in [0.2, 0.25) is 0 Å². The van der Waals surface area contributed by atoms with Crippen LogP contribution < -0.4 is 5.32 Å². The van der Waals surface area contributed by atoms with E-state index in [9.17, 15) is 4.79 Å². The zero-order valence-corrected chi connectivity index (χ0v) is 12.5. The van der Waals surface area contributed by atoms with Gasteiger partial charge in [0.05, 0.1) is 6.26 Å². The number of H-pyrrole nitrogens is 1. The normalized spacial score (nSPS) is 13.6. The van der Waals surface area contributed by atoms with Crippen LogP contribution in [0.25, 0.3) is 0 Å². The fraction of sp³-hybridized carbons (Fsp3) is 0.375. The van der Waals surface area contributed by atoms with E-state index in [4.69, 9.17) is 4.42 Å². The minimum absolute atomic E-state index is 0.0624. The molecule has 22 heavy (non-hydrogen) atoms. The Morgan fingerprint density at radius 1 is 1.55 bits per heavy atom. The lowest BCUT2D eigenvalue weighted by molar-refractivity contribution is 0.0766. The predicted octanol–water partition coefficient (Wildman–Crippen LogP) is 1.52. The monoisotopic (exact) mass is 300 g/mol. The number of aromatic amines is 1. The minimum Gasteiger partial charge on any atom is -0.469 e. The van der Waals surface area contributed by atoms with Gasteiger partial charge in [0.1, 0.15) is 5.76 Å². The molecule has 0 aromatic carbocycles. The summed E-state index contributed by atoms with van der Waals surface area (Å²) in [6, 6.07) is 3.77. The van der Waals surface area contributed by atoms with Gasteiger partial charge in [-0.1, -0.05) is 6.08 Å². The summed E-state index contributed by atoms with van der Waals surface area (Å²) in [5.41, 5.74) is 2.57. The van der Waals surface area contributed by atoms with Crippen molar-refractivity contribution in [2.75, 3.05) is 19.6 Å². The van der Waals surface area contributed by atoms with Gasteiger partial charge < -0.3 is 14.6 Å². The SMILES string of the molecule is C=CCN(CCc1ccco1)C(=O)c1n[nH]c2c1CNCC2. The van der Waals surface area contributed by atoms with E-state index in [1.54, 1.807) is 17.2 Å². The van der Waals surface area contributed by atoms with E-state index in [-0.39, 0.29) is 5.91 Å². The molecule has 0 radical (unpaired) electrons. The number of amides is 1. The number of nitrogens with zero attached hydrogens (tertiary/aromatic N) is 2. The van der Waals surface area contributed by atoms with Crippen LogP contribution >= 0.6 is 0 Å². The molecule has 0 unspecified atom stereocenters. The van der Waals surface area contributed by atoms with Gasteiger partial charge in [-0.05, 0) is 12.1 Å². The van der Waals surface area contributed by atoms with Crippen molar-refractivity contribution < 1.29 is 9.21 Å². The first-order chi connectivity index (χ1) is 10.8. The Morgan fingerprint density at radius 3 is 3.23 bits per heavy atom. The molecule has 0 saturated heterocycles. The molecule has 1 aliphatic rings. The fourth-order valence-electron chi connectivity index (χ4n) is 2.68. The van der Waals surface area contributed by atoms with Crippen LogP contribution in [0.3, 0.4) is 0 Å². The molecule has 1 amide bonds. The lowest BCUT2D eigenvalue weighted by Gasteiger charge is -2.21. The van der Waals surface area contributed by atoms with Crippen LogP contribution in [-0.2, 0) is 19.4 Å². The zero-order chi connectivity index (χ0) is 15.4. The quantitative estimate of drug-likeness (QED) is 0.793. The number of rotatable bonds is 6. The number of hydrogen-bond acceptors (Lipinski definition) is 4. The highest BCUT2D eigenvalue weighted by atomic mass is 16.3. The standard InChI is InChI=1S/C16H20N4O2/c1-2-8-20(9-6-12-4-3-10-22-12)16(21)15-13-11-17-7-5-14(13)18-19-15/h2-4,10,17H,1,5-9,11H2,(H,18,19). The first-order valence-electron chi connectivity index (χ1n) is 7.49. The molecule has 116 valence electrons. The van der Waals surface area contributed by atoms with E-state index in [1.807, 2.05) is 12.1 Å². The zero-order valence-electron chi connectivity index (χ0n) is 12.5. The average Bonchev–Trinajstić information content (AvgIpc) is 3.20. The van der Waals surface area contributed by atoms with Gasteiger partial charge >= 0.3 is 0 Å². The molecule has 6 nitrogen and oxygen atoms in total. The van der Waals surface area contributed by atoms with Gasteiger partial charge in [-0.2, -0.15) is 5.10 Å². The summed E-state index contributed by atoms with van der Waals surface area (Å²) in [5, 5.41) is 10.5. The molecule has 3 rings (SSSR count). The Bertz CT molecular complexity index is 645. The van der Waals surface area contributed by atoms with Crippen molar-refractivity contribution in [3.63, 3.8) is 0 Å². The second-order valence-electron chi connectivity index (χ2n) is 5.33. The van der Waals surface area contributed by atoms with Gasteiger partial charge in [0.15, 0.2) is 5.69 Å². The third-order valence-electron chi connectivity index (χ3n) is 3.85. The number of fused-ring (bicyclic) bond motifs is 1. The highest BCUT2D eigenvalue weighted by Gasteiger charge is 2.25. The summed E-state index contributed by atoms with van der Waals surface area (Å²) in [7, 11) is 0. The Hall–Kier alpha value is -2.34. The molecule has 0 atom stereocenters. The Balaban J connectivity index is 1.74. The molecule has 2 aromatic heterocycles. The molecule has 0 fully saturated rings. The maximum atomic E-state index is 12.8. The maximum Gasteiger partial charge on any atom is 0.274 e. The number of carbonyl (C=O) groups is 1.